The SMILES string of the molecule is CC(C)COC(=O)[C@H](C)CCC(=O)O. The van der Waals surface area contributed by atoms with Gasteiger partial charge >= 0.3 is 11.9 Å². The normalized spacial score (nSPS) is 12.6. The van der Waals surface area contributed by atoms with E-state index in [0.717, 1.165) is 0 Å². The monoisotopic (exact) mass is 202 g/mol. The van der Waals surface area contributed by atoms with Gasteiger partial charge in [-0.1, -0.05) is 20.8 Å². The van der Waals surface area contributed by atoms with Crippen molar-refractivity contribution in [3.8, 4) is 0 Å². The highest BCUT2D eigenvalue weighted by molar-refractivity contribution is 5.73. The van der Waals surface area contributed by atoms with E-state index in [2.05, 4.69) is 0 Å². The third kappa shape index (κ3) is 6.46. The maximum atomic E-state index is 11.2. The lowest BCUT2D eigenvalue weighted by Gasteiger charge is -2.11. The van der Waals surface area contributed by atoms with Crippen LogP contribution in [0.2, 0.25) is 0 Å². The van der Waals surface area contributed by atoms with Crippen molar-refractivity contribution >= 4 is 11.9 Å². The number of carboxylic acid groups (broad SMARTS) is 1. The quantitative estimate of drug-likeness (QED) is 0.666. The van der Waals surface area contributed by atoms with Gasteiger partial charge in [-0.15, -0.1) is 0 Å². The average molecular weight is 202 g/mol. The Bertz CT molecular complexity index is 198. The van der Waals surface area contributed by atoms with Crippen LogP contribution >= 0.6 is 0 Å². The summed E-state index contributed by atoms with van der Waals surface area (Å²) < 4.78 is 4.97. The number of hydrogen-bond donors (Lipinski definition) is 1. The van der Waals surface area contributed by atoms with Crippen molar-refractivity contribution < 1.29 is 19.4 Å². The molecule has 0 saturated carbocycles. The van der Waals surface area contributed by atoms with Crippen LogP contribution in [0.4, 0.5) is 0 Å². The summed E-state index contributed by atoms with van der Waals surface area (Å²) in [6.07, 6.45) is 0.351. The summed E-state index contributed by atoms with van der Waals surface area (Å²) in [6, 6.07) is 0. The van der Waals surface area contributed by atoms with Crippen molar-refractivity contribution in [3.63, 3.8) is 0 Å². The standard InChI is InChI=1S/C10H18O4/c1-7(2)6-14-10(13)8(3)4-5-9(11)12/h7-8H,4-6H2,1-3H3,(H,11,12)/t8-/m1/s1. The second-order valence-corrected chi connectivity index (χ2v) is 3.86. The van der Waals surface area contributed by atoms with E-state index in [0.29, 0.717) is 18.9 Å². The summed E-state index contributed by atoms with van der Waals surface area (Å²) in [6.45, 7) is 5.99. The zero-order valence-electron chi connectivity index (χ0n) is 8.95. The molecule has 0 amide bonds. The maximum Gasteiger partial charge on any atom is 0.308 e. The summed E-state index contributed by atoms with van der Waals surface area (Å²) in [5, 5.41) is 8.41. The first-order valence-electron chi connectivity index (χ1n) is 4.82. The first-order chi connectivity index (χ1) is 6.43. The Morgan fingerprint density at radius 2 is 1.86 bits per heavy atom. The molecule has 0 aliphatic rings. The minimum Gasteiger partial charge on any atom is -0.481 e. The van der Waals surface area contributed by atoms with E-state index in [1.165, 1.54) is 0 Å². The predicted molar refractivity (Wildman–Crippen MR) is 51.8 cm³/mol. The molecule has 0 unspecified atom stereocenters. The third-order valence-corrected chi connectivity index (χ3v) is 1.75. The molecule has 0 aliphatic heterocycles. The van der Waals surface area contributed by atoms with Crippen LogP contribution in [-0.2, 0) is 14.3 Å². The highest BCUT2D eigenvalue weighted by atomic mass is 16.5. The van der Waals surface area contributed by atoms with E-state index in [4.69, 9.17) is 9.84 Å². The molecule has 1 N–H and O–H groups in total. The molecule has 4 heteroatoms. The molecule has 4 nitrogen and oxygen atoms in total. The minimum atomic E-state index is -0.881. The maximum absolute atomic E-state index is 11.2. The highest BCUT2D eigenvalue weighted by Gasteiger charge is 2.15. The van der Waals surface area contributed by atoms with Gasteiger partial charge in [0, 0.05) is 6.42 Å². The molecule has 0 aromatic rings. The molecule has 0 radical (unpaired) electrons. The molecule has 0 aromatic carbocycles. The Kier molecular flexibility index (Phi) is 5.92. The molecule has 0 aromatic heterocycles. The van der Waals surface area contributed by atoms with Crippen molar-refractivity contribution in [2.75, 3.05) is 6.61 Å². The van der Waals surface area contributed by atoms with Gasteiger partial charge in [0.15, 0.2) is 0 Å². The third-order valence-electron chi connectivity index (χ3n) is 1.75. The van der Waals surface area contributed by atoms with Crippen molar-refractivity contribution in [1.29, 1.82) is 0 Å². The number of esters is 1. The number of carboxylic acids is 1. The Labute approximate surface area is 84.3 Å². The van der Waals surface area contributed by atoms with E-state index in [1.54, 1.807) is 6.92 Å². The molecule has 1 atom stereocenters. The van der Waals surface area contributed by atoms with Crippen LogP contribution in [-0.4, -0.2) is 23.7 Å². The second-order valence-electron chi connectivity index (χ2n) is 3.86. The molecule has 0 fully saturated rings. The van der Waals surface area contributed by atoms with E-state index in [1.807, 2.05) is 13.8 Å². The van der Waals surface area contributed by atoms with Gasteiger partial charge in [0.05, 0.1) is 12.5 Å². The van der Waals surface area contributed by atoms with Crippen LogP contribution < -0.4 is 0 Å². The lowest BCUT2D eigenvalue weighted by atomic mass is 10.1. The molecule has 0 bridgehead atoms. The van der Waals surface area contributed by atoms with Crippen LogP contribution in [0.25, 0.3) is 0 Å². The Hall–Kier alpha value is -1.06. The number of ether oxygens (including phenoxy) is 1. The highest BCUT2D eigenvalue weighted by Crippen LogP contribution is 2.08. The molecular weight excluding hydrogens is 184 g/mol. The summed E-state index contributed by atoms with van der Waals surface area (Å²) >= 11 is 0. The smallest absolute Gasteiger partial charge is 0.308 e. The van der Waals surface area contributed by atoms with Crippen molar-refractivity contribution in [2.24, 2.45) is 11.8 Å². The van der Waals surface area contributed by atoms with E-state index in [9.17, 15) is 9.59 Å². The van der Waals surface area contributed by atoms with Crippen LogP contribution in [0.3, 0.4) is 0 Å². The Morgan fingerprint density at radius 1 is 1.29 bits per heavy atom. The Morgan fingerprint density at radius 3 is 2.29 bits per heavy atom. The largest absolute Gasteiger partial charge is 0.481 e. The van der Waals surface area contributed by atoms with Crippen molar-refractivity contribution in [2.45, 2.75) is 33.6 Å². The van der Waals surface area contributed by atoms with Gasteiger partial charge < -0.3 is 9.84 Å². The zero-order valence-corrected chi connectivity index (χ0v) is 8.95. The number of carbonyl (C=O) groups excluding carboxylic acids is 1. The lowest BCUT2D eigenvalue weighted by molar-refractivity contribution is -0.149. The van der Waals surface area contributed by atoms with E-state index >= 15 is 0 Å². The molecule has 0 rings (SSSR count). The first-order valence-corrected chi connectivity index (χ1v) is 4.82. The summed E-state index contributed by atoms with van der Waals surface area (Å²) in [5.74, 6) is -1.20. The summed E-state index contributed by atoms with van der Waals surface area (Å²) in [7, 11) is 0. The van der Waals surface area contributed by atoms with Crippen LogP contribution in [0.15, 0.2) is 0 Å². The van der Waals surface area contributed by atoms with E-state index < -0.39 is 5.97 Å². The van der Waals surface area contributed by atoms with E-state index in [-0.39, 0.29) is 18.3 Å². The fraction of sp³-hybridized carbons (Fsp3) is 0.800. The fourth-order valence-corrected chi connectivity index (χ4v) is 0.849. The molecule has 0 spiro atoms. The van der Waals surface area contributed by atoms with Gasteiger partial charge in [-0.3, -0.25) is 9.59 Å². The molecular formula is C10H18O4. The van der Waals surface area contributed by atoms with Crippen LogP contribution in [0, 0.1) is 11.8 Å². The molecule has 82 valence electrons. The van der Waals surface area contributed by atoms with Gasteiger partial charge in [-0.25, -0.2) is 0 Å². The number of carbonyl (C=O) groups is 2. The average Bonchev–Trinajstić information content (AvgIpc) is 2.09. The molecule has 14 heavy (non-hydrogen) atoms. The molecule has 0 saturated heterocycles. The van der Waals surface area contributed by atoms with Gasteiger partial charge in [0.25, 0.3) is 0 Å². The summed E-state index contributed by atoms with van der Waals surface area (Å²) in [5.41, 5.74) is 0. The van der Waals surface area contributed by atoms with Crippen LogP contribution in [0.5, 0.6) is 0 Å². The Balaban J connectivity index is 3.70. The number of hydrogen-bond acceptors (Lipinski definition) is 3. The van der Waals surface area contributed by atoms with Crippen molar-refractivity contribution in [3.05, 3.63) is 0 Å². The zero-order chi connectivity index (χ0) is 11.1. The predicted octanol–water partition coefficient (Wildman–Crippen LogP) is 1.69. The summed E-state index contributed by atoms with van der Waals surface area (Å²) in [4.78, 5) is 21.5. The lowest BCUT2D eigenvalue weighted by Crippen LogP contribution is -2.18. The molecule has 0 aliphatic carbocycles. The number of aliphatic carboxylic acids is 1. The van der Waals surface area contributed by atoms with Gasteiger partial charge in [-0.2, -0.15) is 0 Å². The topological polar surface area (TPSA) is 63.6 Å². The van der Waals surface area contributed by atoms with Gasteiger partial charge in [0.1, 0.15) is 0 Å². The van der Waals surface area contributed by atoms with Gasteiger partial charge in [0.2, 0.25) is 0 Å². The minimum absolute atomic E-state index is 0.0119. The van der Waals surface area contributed by atoms with Crippen molar-refractivity contribution in [1.82, 2.24) is 0 Å². The second kappa shape index (κ2) is 6.40. The first kappa shape index (κ1) is 12.9. The van der Waals surface area contributed by atoms with Crippen LogP contribution in [0.1, 0.15) is 33.6 Å². The fourth-order valence-electron chi connectivity index (χ4n) is 0.849. The number of rotatable bonds is 6. The van der Waals surface area contributed by atoms with Gasteiger partial charge in [-0.05, 0) is 12.3 Å². The molecule has 0 heterocycles.